The summed E-state index contributed by atoms with van der Waals surface area (Å²) in [7, 11) is 0. The maximum Gasteiger partial charge on any atom is 0.242 e. The van der Waals surface area contributed by atoms with Crippen LogP contribution in [-0.4, -0.2) is 34.6 Å². The Morgan fingerprint density at radius 2 is 1.85 bits per heavy atom. The molecule has 1 aliphatic rings. The molecule has 33 heavy (non-hydrogen) atoms. The number of hydrogen-bond acceptors (Lipinski definition) is 3. The third-order valence-corrected chi connectivity index (χ3v) is 8.06. The summed E-state index contributed by atoms with van der Waals surface area (Å²) in [5, 5.41) is 4.19. The largest absolute Gasteiger partial charge is 0.352 e. The predicted molar refractivity (Wildman–Crippen MR) is 142 cm³/mol. The number of hydrogen-bond donors (Lipinski definition) is 1. The molecule has 8 heteroatoms. The van der Waals surface area contributed by atoms with E-state index in [9.17, 15) is 9.59 Å². The first-order valence-electron chi connectivity index (χ1n) is 11.2. The van der Waals surface area contributed by atoms with Crippen molar-refractivity contribution in [3.05, 3.63) is 68.1 Å². The molecule has 0 aliphatic heterocycles. The lowest BCUT2D eigenvalue weighted by Crippen LogP contribution is -2.50. The maximum absolute atomic E-state index is 13.2. The number of nitrogens with one attached hydrogen (secondary N) is 1. The van der Waals surface area contributed by atoms with Gasteiger partial charge >= 0.3 is 0 Å². The molecule has 1 aliphatic carbocycles. The van der Waals surface area contributed by atoms with Gasteiger partial charge < -0.3 is 10.2 Å². The minimum absolute atomic E-state index is 0.0636. The summed E-state index contributed by atoms with van der Waals surface area (Å²) in [6.45, 7) is 2.20. The lowest BCUT2D eigenvalue weighted by molar-refractivity contribution is -0.139. The zero-order valence-electron chi connectivity index (χ0n) is 18.7. The number of amides is 2. The number of rotatable bonds is 9. The van der Waals surface area contributed by atoms with Crippen molar-refractivity contribution in [1.29, 1.82) is 0 Å². The fourth-order valence-corrected chi connectivity index (χ4v) is 5.58. The van der Waals surface area contributed by atoms with Gasteiger partial charge in [0.2, 0.25) is 11.8 Å². The van der Waals surface area contributed by atoms with E-state index in [2.05, 4.69) is 21.2 Å². The van der Waals surface area contributed by atoms with Crippen molar-refractivity contribution in [3.63, 3.8) is 0 Å². The van der Waals surface area contributed by atoms with Crippen LogP contribution in [0.15, 0.2) is 46.9 Å². The van der Waals surface area contributed by atoms with E-state index < -0.39 is 6.04 Å². The van der Waals surface area contributed by atoms with E-state index in [0.717, 1.165) is 41.3 Å². The summed E-state index contributed by atoms with van der Waals surface area (Å²) in [5.41, 5.74) is 1.98. The third kappa shape index (κ3) is 8.20. The molecule has 0 radical (unpaired) electrons. The van der Waals surface area contributed by atoms with E-state index >= 15 is 0 Å². The van der Waals surface area contributed by atoms with Crippen LogP contribution in [0.1, 0.15) is 50.2 Å². The van der Waals surface area contributed by atoms with Gasteiger partial charge in [-0.2, -0.15) is 0 Å². The number of carbonyl (C=O) groups is 2. The minimum atomic E-state index is -0.552. The van der Waals surface area contributed by atoms with Gasteiger partial charge in [-0.15, -0.1) is 11.8 Å². The minimum Gasteiger partial charge on any atom is -0.352 e. The van der Waals surface area contributed by atoms with E-state index in [-0.39, 0.29) is 23.6 Å². The number of thioether (sulfide) groups is 1. The average Bonchev–Trinajstić information content (AvgIpc) is 2.80. The first-order valence-corrected chi connectivity index (χ1v) is 13.9. The fourth-order valence-electron chi connectivity index (χ4n) is 3.95. The number of nitrogens with zero attached hydrogens (tertiary/aromatic N) is 1. The molecule has 4 nitrogen and oxygen atoms in total. The Hall–Kier alpha value is -1.21. The molecule has 3 rings (SSSR count). The van der Waals surface area contributed by atoms with Crippen molar-refractivity contribution in [2.24, 2.45) is 0 Å². The molecule has 0 spiro atoms. The van der Waals surface area contributed by atoms with Crippen molar-refractivity contribution >= 4 is 62.7 Å². The molecule has 1 N–H and O–H groups in total. The van der Waals surface area contributed by atoms with Crippen LogP contribution in [0.5, 0.6) is 0 Å². The normalized spacial score (nSPS) is 15.2. The second-order valence-corrected chi connectivity index (χ2v) is 11.1. The summed E-state index contributed by atoms with van der Waals surface area (Å²) < 4.78 is 0.945. The Morgan fingerprint density at radius 1 is 1.09 bits per heavy atom. The van der Waals surface area contributed by atoms with Gasteiger partial charge in [-0.1, -0.05) is 76.6 Å². The molecule has 0 unspecified atom stereocenters. The summed E-state index contributed by atoms with van der Waals surface area (Å²) in [5.74, 6) is 0.761. The van der Waals surface area contributed by atoms with Gasteiger partial charge in [0.05, 0.1) is 15.8 Å². The summed E-state index contributed by atoms with van der Waals surface area (Å²) >= 11 is 17.1. The number of carbonyl (C=O) groups excluding carboxylic acids is 2. The molecule has 2 aromatic carbocycles. The van der Waals surface area contributed by atoms with Crippen molar-refractivity contribution < 1.29 is 9.59 Å². The molecule has 0 aromatic heterocycles. The Balaban J connectivity index is 1.65. The van der Waals surface area contributed by atoms with E-state index in [1.807, 2.05) is 43.3 Å². The fraction of sp³-hybridized carbons (Fsp3) is 0.440. The average molecular weight is 572 g/mol. The first-order chi connectivity index (χ1) is 15.8. The van der Waals surface area contributed by atoms with Gasteiger partial charge in [-0.25, -0.2) is 0 Å². The zero-order chi connectivity index (χ0) is 23.8. The quantitative estimate of drug-likeness (QED) is 0.358. The molecule has 1 atom stereocenters. The Morgan fingerprint density at radius 3 is 2.55 bits per heavy atom. The van der Waals surface area contributed by atoms with E-state index in [0.29, 0.717) is 22.3 Å². The monoisotopic (exact) mass is 570 g/mol. The Kier molecular flexibility index (Phi) is 10.4. The van der Waals surface area contributed by atoms with E-state index in [1.54, 1.807) is 11.0 Å². The lowest BCUT2D eigenvalue weighted by Gasteiger charge is -2.31. The lowest BCUT2D eigenvalue weighted by atomic mass is 9.95. The zero-order valence-corrected chi connectivity index (χ0v) is 22.6. The standard InChI is InChI=1S/C25H29BrCl2N2O2S/c1-17(25(32)29-21-8-3-2-4-9-21)30(14-18-6-5-7-20(26)12-18)24(31)16-33-15-19-10-11-22(27)23(28)13-19/h5-7,10-13,17,21H,2-4,8-9,14-16H2,1H3,(H,29,32)/t17-/m0/s1. The molecule has 2 amide bonds. The topological polar surface area (TPSA) is 49.4 Å². The van der Waals surface area contributed by atoms with Crippen LogP contribution < -0.4 is 5.32 Å². The highest BCUT2D eigenvalue weighted by Gasteiger charge is 2.28. The van der Waals surface area contributed by atoms with Gasteiger partial charge in [0.1, 0.15) is 6.04 Å². The Bertz CT molecular complexity index is 969. The summed E-state index contributed by atoms with van der Waals surface area (Å²) in [4.78, 5) is 28.0. The highest BCUT2D eigenvalue weighted by molar-refractivity contribution is 9.10. The highest BCUT2D eigenvalue weighted by Crippen LogP contribution is 2.25. The van der Waals surface area contributed by atoms with Gasteiger partial charge in [-0.05, 0) is 55.2 Å². The van der Waals surface area contributed by atoms with Crippen molar-refractivity contribution in [3.8, 4) is 0 Å². The van der Waals surface area contributed by atoms with Crippen LogP contribution in [0.3, 0.4) is 0 Å². The number of benzene rings is 2. The SMILES string of the molecule is C[C@@H](C(=O)NC1CCCCC1)N(Cc1cccc(Br)c1)C(=O)CSCc1ccc(Cl)c(Cl)c1. The van der Waals surface area contributed by atoms with Crippen LogP contribution in [-0.2, 0) is 21.9 Å². The molecular weight excluding hydrogens is 543 g/mol. The van der Waals surface area contributed by atoms with Crippen LogP contribution in [0, 0.1) is 0 Å². The first kappa shape index (κ1) is 26.4. The molecular formula is C25H29BrCl2N2O2S. The number of halogens is 3. The molecule has 0 heterocycles. The summed E-state index contributed by atoms with van der Waals surface area (Å²) in [6, 6.07) is 13.0. The Labute approximate surface area is 218 Å². The second-order valence-electron chi connectivity index (χ2n) is 8.41. The van der Waals surface area contributed by atoms with E-state index in [1.165, 1.54) is 18.2 Å². The molecule has 0 saturated heterocycles. The van der Waals surface area contributed by atoms with Gasteiger partial charge in [-0.3, -0.25) is 9.59 Å². The second kappa shape index (κ2) is 13.0. The smallest absolute Gasteiger partial charge is 0.242 e. The van der Waals surface area contributed by atoms with Crippen LogP contribution >= 0.6 is 50.9 Å². The van der Waals surface area contributed by atoms with Crippen molar-refractivity contribution in [1.82, 2.24) is 10.2 Å². The predicted octanol–water partition coefficient (Wildman–Crippen LogP) is 6.86. The van der Waals surface area contributed by atoms with Crippen LogP contribution in [0.2, 0.25) is 10.0 Å². The highest BCUT2D eigenvalue weighted by atomic mass is 79.9. The maximum atomic E-state index is 13.2. The van der Waals surface area contributed by atoms with Crippen molar-refractivity contribution in [2.45, 2.75) is 63.4 Å². The van der Waals surface area contributed by atoms with Gasteiger partial charge in [0.15, 0.2) is 0 Å². The molecule has 1 fully saturated rings. The van der Waals surface area contributed by atoms with Crippen molar-refractivity contribution in [2.75, 3.05) is 5.75 Å². The molecule has 2 aromatic rings. The summed E-state index contributed by atoms with van der Waals surface area (Å²) in [6.07, 6.45) is 5.54. The van der Waals surface area contributed by atoms with E-state index in [4.69, 9.17) is 23.2 Å². The molecule has 178 valence electrons. The molecule has 0 bridgehead atoms. The third-order valence-electron chi connectivity index (χ3n) is 5.84. The van der Waals surface area contributed by atoms with Crippen LogP contribution in [0.25, 0.3) is 0 Å². The van der Waals surface area contributed by atoms with Gasteiger partial charge in [0.25, 0.3) is 0 Å². The van der Waals surface area contributed by atoms with Gasteiger partial charge in [0, 0.05) is 22.8 Å². The van der Waals surface area contributed by atoms with Crippen LogP contribution in [0.4, 0.5) is 0 Å². The molecule has 1 saturated carbocycles.